The van der Waals surface area contributed by atoms with Gasteiger partial charge in [0.25, 0.3) is 0 Å². The van der Waals surface area contributed by atoms with Gasteiger partial charge in [0.2, 0.25) is 0 Å². The van der Waals surface area contributed by atoms with E-state index in [4.69, 9.17) is 0 Å². The lowest BCUT2D eigenvalue weighted by molar-refractivity contribution is 0.573. The van der Waals surface area contributed by atoms with Crippen LogP contribution < -0.4 is 15.8 Å². The van der Waals surface area contributed by atoms with Crippen LogP contribution in [0.15, 0.2) is 24.3 Å². The zero-order valence-electron chi connectivity index (χ0n) is 12.8. The molecule has 1 aliphatic carbocycles. The topological polar surface area (TPSA) is 12.0 Å². The normalized spacial score (nSPS) is 17.2. The molecule has 0 saturated heterocycles. The summed E-state index contributed by atoms with van der Waals surface area (Å²) >= 11 is 0. The van der Waals surface area contributed by atoms with E-state index in [0.29, 0.717) is 11.1 Å². The minimum Gasteiger partial charge on any atom is -0.379 e. The molecule has 22 heavy (non-hydrogen) atoms. The third-order valence-corrected chi connectivity index (χ3v) is 4.54. The molecule has 0 radical (unpaired) electrons. The molecule has 0 aromatic heterocycles. The van der Waals surface area contributed by atoms with E-state index in [0.717, 1.165) is 28.1 Å². The van der Waals surface area contributed by atoms with Gasteiger partial charge in [0, 0.05) is 22.4 Å². The monoisotopic (exact) mass is 297 g/mol. The highest BCUT2D eigenvalue weighted by Gasteiger charge is 2.26. The van der Waals surface area contributed by atoms with Crippen molar-refractivity contribution < 1.29 is 8.78 Å². The van der Waals surface area contributed by atoms with Crippen LogP contribution in [0.25, 0.3) is 22.8 Å². The van der Waals surface area contributed by atoms with Crippen LogP contribution in [0.2, 0.25) is 0 Å². The lowest BCUT2D eigenvalue weighted by Gasteiger charge is -2.32. The van der Waals surface area contributed by atoms with Gasteiger partial charge in [-0.3, -0.25) is 0 Å². The van der Waals surface area contributed by atoms with Gasteiger partial charge in [0.05, 0.1) is 0 Å². The lowest BCUT2D eigenvalue weighted by atomic mass is 9.89. The first kappa shape index (κ1) is 13.5. The van der Waals surface area contributed by atoms with Crippen LogP contribution in [0.5, 0.6) is 0 Å². The van der Waals surface area contributed by atoms with Gasteiger partial charge < -0.3 is 5.32 Å². The molecule has 0 fully saturated rings. The summed E-state index contributed by atoms with van der Waals surface area (Å²) in [7, 11) is 0. The minimum atomic E-state index is -0.375. The second-order valence-electron chi connectivity index (χ2n) is 6.91. The Morgan fingerprint density at radius 3 is 2.59 bits per heavy atom. The number of nitrogens with one attached hydrogen (secondary N) is 1. The predicted molar refractivity (Wildman–Crippen MR) is 86.0 cm³/mol. The Hall–Kier alpha value is -2.16. The van der Waals surface area contributed by atoms with E-state index in [1.807, 2.05) is 12.1 Å². The van der Waals surface area contributed by atoms with E-state index in [1.165, 1.54) is 17.7 Å². The highest BCUT2D eigenvalue weighted by molar-refractivity contribution is 5.85. The van der Waals surface area contributed by atoms with Gasteiger partial charge in [-0.15, -0.1) is 0 Å². The van der Waals surface area contributed by atoms with E-state index < -0.39 is 0 Å². The van der Waals surface area contributed by atoms with Crippen molar-refractivity contribution in [3.8, 4) is 11.1 Å². The molecule has 112 valence electrons. The molecule has 1 nitrogen and oxygen atoms in total. The number of hydrogen-bond acceptors (Lipinski definition) is 1. The van der Waals surface area contributed by atoms with Crippen LogP contribution in [0.4, 0.5) is 14.5 Å². The SMILES string of the molecule is CC1=c2cc3c(cc2NC(C)(C)C1)=Cc1c(F)ccc(F)c1-3. The van der Waals surface area contributed by atoms with Crippen molar-refractivity contribution in [3.63, 3.8) is 0 Å². The first-order valence-corrected chi connectivity index (χ1v) is 7.48. The number of anilines is 1. The quantitative estimate of drug-likeness (QED) is 0.669. The first-order chi connectivity index (χ1) is 10.4. The first-order valence-electron chi connectivity index (χ1n) is 7.48. The van der Waals surface area contributed by atoms with Crippen LogP contribution in [-0.4, -0.2) is 5.54 Å². The van der Waals surface area contributed by atoms with E-state index in [1.54, 1.807) is 6.08 Å². The Labute approximate surface area is 128 Å². The van der Waals surface area contributed by atoms with Crippen molar-refractivity contribution in [3.05, 3.63) is 51.9 Å². The maximum absolute atomic E-state index is 14.2. The smallest absolute Gasteiger partial charge is 0.131 e. The number of benzene rings is 2. The van der Waals surface area contributed by atoms with E-state index in [9.17, 15) is 8.78 Å². The van der Waals surface area contributed by atoms with Crippen molar-refractivity contribution in [1.29, 1.82) is 0 Å². The lowest BCUT2D eigenvalue weighted by Crippen LogP contribution is -2.39. The molecule has 0 saturated carbocycles. The van der Waals surface area contributed by atoms with Gasteiger partial charge in [-0.2, -0.15) is 0 Å². The summed E-state index contributed by atoms with van der Waals surface area (Å²) in [4.78, 5) is 0. The van der Waals surface area contributed by atoms with Gasteiger partial charge in [-0.1, -0.05) is 5.57 Å². The summed E-state index contributed by atoms with van der Waals surface area (Å²) < 4.78 is 28.2. The summed E-state index contributed by atoms with van der Waals surface area (Å²) in [5.74, 6) is -0.743. The summed E-state index contributed by atoms with van der Waals surface area (Å²) in [5, 5.41) is 5.50. The van der Waals surface area contributed by atoms with Crippen molar-refractivity contribution in [2.45, 2.75) is 32.7 Å². The fourth-order valence-electron chi connectivity index (χ4n) is 3.71. The van der Waals surface area contributed by atoms with Gasteiger partial charge in [-0.25, -0.2) is 8.78 Å². The molecule has 4 rings (SSSR count). The number of fused-ring (bicyclic) bond motifs is 4. The van der Waals surface area contributed by atoms with E-state index in [-0.39, 0.29) is 17.2 Å². The molecule has 1 aliphatic heterocycles. The van der Waals surface area contributed by atoms with Crippen LogP contribution in [0.3, 0.4) is 0 Å². The zero-order chi connectivity index (χ0) is 15.6. The van der Waals surface area contributed by atoms with Crippen LogP contribution in [0, 0.1) is 11.6 Å². The highest BCUT2D eigenvalue weighted by Crippen LogP contribution is 2.33. The van der Waals surface area contributed by atoms with Gasteiger partial charge in [0.15, 0.2) is 0 Å². The summed E-state index contributed by atoms with van der Waals surface area (Å²) in [6, 6.07) is 6.39. The minimum absolute atomic E-state index is 0.00667. The Morgan fingerprint density at radius 1 is 1.09 bits per heavy atom. The average Bonchev–Trinajstić information content (AvgIpc) is 2.79. The number of hydrogen-bond donors (Lipinski definition) is 1. The summed E-state index contributed by atoms with van der Waals surface area (Å²) in [5.41, 5.74) is 3.83. The van der Waals surface area contributed by atoms with Crippen molar-refractivity contribution in [1.82, 2.24) is 0 Å². The third kappa shape index (κ3) is 1.81. The second kappa shape index (κ2) is 4.19. The zero-order valence-corrected chi connectivity index (χ0v) is 12.8. The maximum Gasteiger partial charge on any atom is 0.131 e. The molecule has 0 bridgehead atoms. The van der Waals surface area contributed by atoms with Crippen LogP contribution >= 0.6 is 0 Å². The number of rotatable bonds is 0. The second-order valence-corrected chi connectivity index (χ2v) is 6.91. The Bertz CT molecular complexity index is 939. The Balaban J connectivity index is 2.06. The van der Waals surface area contributed by atoms with Crippen LogP contribution in [0.1, 0.15) is 32.8 Å². The largest absolute Gasteiger partial charge is 0.379 e. The fourth-order valence-corrected chi connectivity index (χ4v) is 3.71. The average molecular weight is 297 g/mol. The molecule has 3 heteroatoms. The standard InChI is InChI=1S/C19H17F2N/c1-10-9-19(2,3)22-17-7-11-6-14-15(20)4-5-16(21)18(14)13(11)8-12(10)17/h4-8,22H,9H2,1-3H3. The third-order valence-electron chi connectivity index (χ3n) is 4.54. The van der Waals surface area contributed by atoms with Gasteiger partial charge in [0.1, 0.15) is 11.6 Å². The van der Waals surface area contributed by atoms with E-state index >= 15 is 0 Å². The molecular weight excluding hydrogens is 280 g/mol. The van der Waals surface area contributed by atoms with Crippen LogP contribution in [-0.2, 0) is 0 Å². The predicted octanol–water partition coefficient (Wildman–Crippen LogP) is 3.54. The number of halogens is 2. The fraction of sp³-hybridized carbons (Fsp3) is 0.263. The van der Waals surface area contributed by atoms with Crippen molar-refractivity contribution >= 4 is 17.3 Å². The van der Waals surface area contributed by atoms with Gasteiger partial charge >= 0.3 is 0 Å². The molecule has 2 aliphatic rings. The highest BCUT2D eigenvalue weighted by atomic mass is 19.1. The Morgan fingerprint density at radius 2 is 1.82 bits per heavy atom. The molecule has 1 N–H and O–H groups in total. The molecular formula is C19H17F2N. The molecule has 2 aromatic carbocycles. The van der Waals surface area contributed by atoms with Crippen molar-refractivity contribution in [2.24, 2.45) is 0 Å². The van der Waals surface area contributed by atoms with E-state index in [2.05, 4.69) is 26.1 Å². The molecule has 2 aromatic rings. The Kier molecular flexibility index (Phi) is 2.57. The molecule has 0 spiro atoms. The molecule has 0 unspecified atom stereocenters. The molecule has 1 heterocycles. The summed E-state index contributed by atoms with van der Waals surface area (Å²) in [6.45, 7) is 6.42. The van der Waals surface area contributed by atoms with Crippen molar-refractivity contribution in [2.75, 3.05) is 5.32 Å². The maximum atomic E-state index is 14.2. The summed E-state index contributed by atoms with van der Waals surface area (Å²) in [6.07, 6.45) is 2.67. The molecule has 0 amide bonds. The molecule has 0 atom stereocenters. The van der Waals surface area contributed by atoms with Gasteiger partial charge in [-0.05, 0) is 73.5 Å².